The smallest absolute Gasteiger partial charge is 0.254 e. The molecule has 4 nitrogen and oxygen atoms in total. The zero-order valence-corrected chi connectivity index (χ0v) is 16.9. The fourth-order valence-electron chi connectivity index (χ4n) is 4.80. The highest BCUT2D eigenvalue weighted by molar-refractivity contribution is 6.07. The molecule has 0 saturated carbocycles. The first kappa shape index (κ1) is 18.3. The second-order valence-electron chi connectivity index (χ2n) is 8.66. The van der Waals surface area contributed by atoms with Crippen LogP contribution in [0.3, 0.4) is 0 Å². The predicted octanol–water partition coefficient (Wildman–Crippen LogP) is 4.43. The van der Waals surface area contributed by atoms with E-state index in [1.165, 1.54) is 12.0 Å². The Kier molecular flexibility index (Phi) is 4.59. The van der Waals surface area contributed by atoms with Crippen LogP contribution in [0.5, 0.6) is 0 Å². The van der Waals surface area contributed by atoms with Crippen molar-refractivity contribution in [3.63, 3.8) is 0 Å². The zero-order valence-electron chi connectivity index (χ0n) is 16.9. The monoisotopic (exact) mass is 385 g/mol. The summed E-state index contributed by atoms with van der Waals surface area (Å²) < 4.78 is 0. The number of hydrogen-bond acceptors (Lipinski definition) is 3. The van der Waals surface area contributed by atoms with Gasteiger partial charge in [-0.05, 0) is 50.3 Å². The van der Waals surface area contributed by atoms with Gasteiger partial charge in [0.15, 0.2) is 0 Å². The van der Waals surface area contributed by atoms with E-state index < -0.39 is 0 Å². The molecule has 5 rings (SSSR count). The van der Waals surface area contributed by atoms with E-state index in [0.717, 1.165) is 66.7 Å². The average Bonchev–Trinajstić information content (AvgIpc) is 3.21. The molecule has 4 heteroatoms. The summed E-state index contributed by atoms with van der Waals surface area (Å²) >= 11 is 0. The van der Waals surface area contributed by atoms with Crippen molar-refractivity contribution in [1.82, 2.24) is 15.2 Å². The van der Waals surface area contributed by atoms with Crippen molar-refractivity contribution in [1.29, 1.82) is 0 Å². The number of benzene rings is 2. The Morgan fingerprint density at radius 3 is 2.52 bits per heavy atom. The minimum Gasteiger partial charge on any atom is -0.339 e. The summed E-state index contributed by atoms with van der Waals surface area (Å²) in [7, 11) is 0. The summed E-state index contributed by atoms with van der Waals surface area (Å²) in [6.45, 7) is 5.98. The zero-order chi connectivity index (χ0) is 19.8. The lowest BCUT2D eigenvalue weighted by Crippen LogP contribution is -2.44. The summed E-state index contributed by atoms with van der Waals surface area (Å²) in [6, 6.07) is 18.3. The Balaban J connectivity index is 1.50. The van der Waals surface area contributed by atoms with Gasteiger partial charge in [0, 0.05) is 30.6 Å². The average molecular weight is 386 g/mol. The molecule has 148 valence electrons. The molecular formula is C25H27N3O. The van der Waals surface area contributed by atoms with Crippen molar-refractivity contribution >= 4 is 16.8 Å². The highest BCUT2D eigenvalue weighted by atomic mass is 16.2. The lowest BCUT2D eigenvalue weighted by Gasteiger charge is -2.39. The maximum atomic E-state index is 13.5. The molecule has 3 aromatic rings. The van der Waals surface area contributed by atoms with Gasteiger partial charge in [-0.3, -0.25) is 4.79 Å². The molecule has 0 atom stereocenters. The van der Waals surface area contributed by atoms with Crippen molar-refractivity contribution in [2.75, 3.05) is 26.2 Å². The van der Waals surface area contributed by atoms with E-state index in [4.69, 9.17) is 4.98 Å². The molecule has 1 spiro atoms. The van der Waals surface area contributed by atoms with E-state index in [1.807, 2.05) is 35.2 Å². The number of pyridine rings is 1. The predicted molar refractivity (Wildman–Crippen MR) is 117 cm³/mol. The highest BCUT2D eigenvalue weighted by Crippen LogP contribution is 2.37. The Hall–Kier alpha value is -2.72. The van der Waals surface area contributed by atoms with Gasteiger partial charge >= 0.3 is 0 Å². The number of carbonyl (C=O) groups excluding carboxylic acids is 1. The minimum absolute atomic E-state index is 0.137. The fraction of sp³-hybridized carbons (Fsp3) is 0.360. The van der Waals surface area contributed by atoms with E-state index in [9.17, 15) is 4.79 Å². The van der Waals surface area contributed by atoms with Gasteiger partial charge < -0.3 is 10.2 Å². The van der Waals surface area contributed by atoms with Crippen LogP contribution in [0.2, 0.25) is 0 Å². The molecule has 1 aromatic heterocycles. The van der Waals surface area contributed by atoms with Gasteiger partial charge in [0.1, 0.15) is 0 Å². The number of piperidine rings is 1. The first-order valence-electron chi connectivity index (χ1n) is 10.6. The molecule has 2 aliphatic rings. The summed E-state index contributed by atoms with van der Waals surface area (Å²) in [4.78, 5) is 20.4. The number of fused-ring (bicyclic) bond motifs is 1. The van der Waals surface area contributed by atoms with E-state index in [0.29, 0.717) is 5.41 Å². The van der Waals surface area contributed by atoms with Crippen LogP contribution in [0.1, 0.15) is 35.2 Å². The van der Waals surface area contributed by atoms with Crippen molar-refractivity contribution in [2.45, 2.75) is 26.2 Å². The van der Waals surface area contributed by atoms with Crippen LogP contribution in [0.15, 0.2) is 54.6 Å². The number of carbonyl (C=O) groups is 1. The Morgan fingerprint density at radius 2 is 1.79 bits per heavy atom. The molecule has 2 aliphatic heterocycles. The third-order valence-electron chi connectivity index (χ3n) is 6.74. The lowest BCUT2D eigenvalue weighted by atomic mass is 9.77. The molecule has 0 unspecified atom stereocenters. The molecule has 0 aliphatic carbocycles. The molecule has 2 saturated heterocycles. The summed E-state index contributed by atoms with van der Waals surface area (Å²) in [5.74, 6) is 0.137. The van der Waals surface area contributed by atoms with E-state index >= 15 is 0 Å². The molecule has 0 radical (unpaired) electrons. The van der Waals surface area contributed by atoms with Crippen LogP contribution in [0.4, 0.5) is 0 Å². The number of rotatable bonds is 2. The highest BCUT2D eigenvalue weighted by Gasteiger charge is 2.38. The van der Waals surface area contributed by atoms with Crippen LogP contribution in [-0.2, 0) is 0 Å². The topological polar surface area (TPSA) is 45.2 Å². The Labute approximate surface area is 171 Å². The molecule has 1 N–H and O–H groups in total. The molecule has 2 fully saturated rings. The second-order valence-corrected chi connectivity index (χ2v) is 8.66. The molecule has 2 aromatic carbocycles. The molecule has 3 heterocycles. The molecule has 29 heavy (non-hydrogen) atoms. The standard InChI is InChI=1S/C25H27N3O/c1-18-6-8-19(9-7-18)23-16-21(20-4-2-3-5-22(20)27-23)24(29)28-14-11-25(12-15-28)10-13-26-17-25/h2-9,16,26H,10-15,17H2,1H3. The second kappa shape index (κ2) is 7.27. The van der Waals surface area contributed by atoms with Crippen molar-refractivity contribution in [3.8, 4) is 11.3 Å². The van der Waals surface area contributed by atoms with Gasteiger partial charge in [-0.15, -0.1) is 0 Å². The van der Waals surface area contributed by atoms with Crippen molar-refractivity contribution in [2.24, 2.45) is 5.41 Å². The van der Waals surface area contributed by atoms with Gasteiger partial charge in [-0.1, -0.05) is 48.0 Å². The van der Waals surface area contributed by atoms with Gasteiger partial charge in [0.25, 0.3) is 5.91 Å². The lowest BCUT2D eigenvalue weighted by molar-refractivity contribution is 0.0609. The number of nitrogens with one attached hydrogen (secondary N) is 1. The number of aryl methyl sites for hydroxylation is 1. The first-order chi connectivity index (χ1) is 14.1. The van der Waals surface area contributed by atoms with Gasteiger partial charge in [0.2, 0.25) is 0 Å². The third kappa shape index (κ3) is 3.42. The number of likely N-dealkylation sites (tertiary alicyclic amines) is 1. The van der Waals surface area contributed by atoms with Gasteiger partial charge in [-0.2, -0.15) is 0 Å². The van der Waals surface area contributed by atoms with Crippen molar-refractivity contribution < 1.29 is 4.79 Å². The fourth-order valence-corrected chi connectivity index (χ4v) is 4.80. The van der Waals surface area contributed by atoms with E-state index in [2.05, 4.69) is 36.5 Å². The maximum Gasteiger partial charge on any atom is 0.254 e. The van der Waals surface area contributed by atoms with Crippen molar-refractivity contribution in [3.05, 3.63) is 65.7 Å². The largest absolute Gasteiger partial charge is 0.339 e. The van der Waals surface area contributed by atoms with Crippen LogP contribution in [-0.4, -0.2) is 42.0 Å². The number of hydrogen-bond donors (Lipinski definition) is 1. The van der Waals surface area contributed by atoms with E-state index in [1.54, 1.807) is 0 Å². The number of aromatic nitrogens is 1. The number of amides is 1. The normalized spacial score (nSPS) is 18.4. The van der Waals surface area contributed by atoms with Crippen LogP contribution >= 0.6 is 0 Å². The number of para-hydroxylation sites is 1. The SMILES string of the molecule is Cc1ccc(-c2cc(C(=O)N3CCC4(CCNC4)CC3)c3ccccc3n2)cc1. The Morgan fingerprint density at radius 1 is 1.03 bits per heavy atom. The molecule has 1 amide bonds. The maximum absolute atomic E-state index is 13.5. The van der Waals surface area contributed by atoms with Gasteiger partial charge in [0.05, 0.1) is 16.8 Å². The summed E-state index contributed by atoms with van der Waals surface area (Å²) in [6.07, 6.45) is 3.43. The first-order valence-corrected chi connectivity index (χ1v) is 10.6. The molecular weight excluding hydrogens is 358 g/mol. The quantitative estimate of drug-likeness (QED) is 0.710. The van der Waals surface area contributed by atoms with Crippen LogP contribution in [0.25, 0.3) is 22.2 Å². The van der Waals surface area contributed by atoms with Crippen LogP contribution in [0, 0.1) is 12.3 Å². The van der Waals surface area contributed by atoms with Crippen LogP contribution < -0.4 is 5.32 Å². The minimum atomic E-state index is 0.137. The summed E-state index contributed by atoms with van der Waals surface area (Å²) in [5, 5.41) is 4.44. The van der Waals surface area contributed by atoms with Gasteiger partial charge in [-0.25, -0.2) is 4.98 Å². The number of nitrogens with zero attached hydrogens (tertiary/aromatic N) is 2. The van der Waals surface area contributed by atoms with E-state index in [-0.39, 0.29) is 5.91 Å². The Bertz CT molecular complexity index is 1040. The molecule has 0 bridgehead atoms. The summed E-state index contributed by atoms with van der Waals surface area (Å²) in [5.41, 5.74) is 5.18. The third-order valence-corrected chi connectivity index (χ3v) is 6.74.